The standard InChI is InChI=1S/C13H12ClN3O/c1-8-13(17-12(16-8)5-6-15)10-7-9(14)3-4-11(10)18-2/h3-4,7H,5H2,1-2H3,(H,16,17). The molecular weight excluding hydrogens is 250 g/mol. The minimum Gasteiger partial charge on any atom is -0.496 e. The highest BCUT2D eigenvalue weighted by Crippen LogP contribution is 2.33. The van der Waals surface area contributed by atoms with E-state index in [9.17, 15) is 0 Å². The Hall–Kier alpha value is -1.99. The van der Waals surface area contributed by atoms with E-state index in [0.29, 0.717) is 16.6 Å². The van der Waals surface area contributed by atoms with Crippen LogP contribution in [0.2, 0.25) is 5.02 Å². The van der Waals surface area contributed by atoms with Crippen LogP contribution in [0, 0.1) is 18.3 Å². The lowest BCUT2D eigenvalue weighted by Crippen LogP contribution is -1.90. The molecule has 5 heteroatoms. The summed E-state index contributed by atoms with van der Waals surface area (Å²) in [6.45, 7) is 1.91. The normalized spacial score (nSPS) is 10.1. The van der Waals surface area contributed by atoms with Crippen molar-refractivity contribution in [2.24, 2.45) is 0 Å². The zero-order valence-corrected chi connectivity index (χ0v) is 10.9. The molecule has 0 bridgehead atoms. The first-order valence-corrected chi connectivity index (χ1v) is 5.80. The van der Waals surface area contributed by atoms with Gasteiger partial charge in [-0.15, -0.1) is 0 Å². The topological polar surface area (TPSA) is 61.7 Å². The molecule has 0 unspecified atom stereocenters. The lowest BCUT2D eigenvalue weighted by molar-refractivity contribution is 0.416. The Morgan fingerprint density at radius 2 is 2.28 bits per heavy atom. The highest BCUT2D eigenvalue weighted by molar-refractivity contribution is 6.31. The number of rotatable bonds is 3. The number of ether oxygens (including phenoxy) is 1. The quantitative estimate of drug-likeness (QED) is 0.923. The summed E-state index contributed by atoms with van der Waals surface area (Å²) in [6, 6.07) is 7.44. The SMILES string of the molecule is COc1ccc(Cl)cc1-c1nc(CC#N)[nH]c1C. The van der Waals surface area contributed by atoms with Crippen molar-refractivity contribution in [2.75, 3.05) is 7.11 Å². The number of aromatic nitrogens is 2. The molecule has 0 aliphatic carbocycles. The van der Waals surface area contributed by atoms with Gasteiger partial charge in [0.1, 0.15) is 11.6 Å². The minimum atomic E-state index is 0.254. The van der Waals surface area contributed by atoms with E-state index in [0.717, 1.165) is 17.0 Å². The fourth-order valence-corrected chi connectivity index (χ4v) is 1.98. The number of methoxy groups -OCH3 is 1. The van der Waals surface area contributed by atoms with Gasteiger partial charge in [0.2, 0.25) is 0 Å². The molecule has 0 amide bonds. The summed E-state index contributed by atoms with van der Waals surface area (Å²) in [5.74, 6) is 1.35. The number of nitriles is 1. The number of aromatic amines is 1. The Kier molecular flexibility index (Phi) is 3.54. The fraction of sp³-hybridized carbons (Fsp3) is 0.231. The number of halogens is 1. The highest BCUT2D eigenvalue weighted by atomic mass is 35.5. The molecule has 18 heavy (non-hydrogen) atoms. The van der Waals surface area contributed by atoms with Gasteiger partial charge in [-0.05, 0) is 25.1 Å². The number of nitrogens with zero attached hydrogens (tertiary/aromatic N) is 2. The van der Waals surface area contributed by atoms with Crippen molar-refractivity contribution in [2.45, 2.75) is 13.3 Å². The molecule has 1 aromatic carbocycles. The smallest absolute Gasteiger partial charge is 0.128 e. The van der Waals surface area contributed by atoms with Crippen LogP contribution in [0.3, 0.4) is 0 Å². The summed E-state index contributed by atoms with van der Waals surface area (Å²) in [6.07, 6.45) is 0.254. The van der Waals surface area contributed by atoms with E-state index in [2.05, 4.69) is 16.0 Å². The third kappa shape index (κ3) is 2.31. The summed E-state index contributed by atoms with van der Waals surface area (Å²) < 4.78 is 5.30. The van der Waals surface area contributed by atoms with Crippen LogP contribution in [-0.4, -0.2) is 17.1 Å². The molecule has 0 atom stereocenters. The van der Waals surface area contributed by atoms with Gasteiger partial charge in [-0.25, -0.2) is 4.98 Å². The van der Waals surface area contributed by atoms with Crippen LogP contribution in [0.1, 0.15) is 11.5 Å². The van der Waals surface area contributed by atoms with Gasteiger partial charge in [0.15, 0.2) is 0 Å². The van der Waals surface area contributed by atoms with Gasteiger partial charge in [-0.1, -0.05) is 11.6 Å². The zero-order valence-electron chi connectivity index (χ0n) is 10.1. The molecule has 1 heterocycles. The Morgan fingerprint density at radius 3 is 2.94 bits per heavy atom. The van der Waals surface area contributed by atoms with Gasteiger partial charge < -0.3 is 9.72 Å². The number of imidazole rings is 1. The van der Waals surface area contributed by atoms with Crippen molar-refractivity contribution < 1.29 is 4.74 Å². The number of benzene rings is 1. The number of aryl methyl sites for hydroxylation is 1. The molecule has 1 N–H and O–H groups in total. The average molecular weight is 262 g/mol. The van der Waals surface area contributed by atoms with Crippen LogP contribution in [-0.2, 0) is 6.42 Å². The maximum absolute atomic E-state index is 8.68. The van der Waals surface area contributed by atoms with E-state index in [-0.39, 0.29) is 6.42 Å². The molecule has 2 rings (SSSR count). The number of hydrogen-bond acceptors (Lipinski definition) is 3. The van der Waals surface area contributed by atoms with E-state index in [1.54, 1.807) is 25.3 Å². The van der Waals surface area contributed by atoms with Gasteiger partial charge in [-0.3, -0.25) is 0 Å². The molecule has 0 aliphatic heterocycles. The molecule has 0 radical (unpaired) electrons. The zero-order chi connectivity index (χ0) is 13.1. The monoisotopic (exact) mass is 261 g/mol. The van der Waals surface area contributed by atoms with Crippen molar-refractivity contribution in [3.63, 3.8) is 0 Å². The average Bonchev–Trinajstić information content (AvgIpc) is 2.70. The molecule has 4 nitrogen and oxygen atoms in total. The van der Waals surface area contributed by atoms with Gasteiger partial charge >= 0.3 is 0 Å². The van der Waals surface area contributed by atoms with Crippen LogP contribution in [0.25, 0.3) is 11.3 Å². The Morgan fingerprint density at radius 1 is 1.50 bits per heavy atom. The predicted octanol–water partition coefficient (Wildman–Crippen LogP) is 3.11. The second kappa shape index (κ2) is 5.11. The van der Waals surface area contributed by atoms with Crippen molar-refractivity contribution in [1.82, 2.24) is 9.97 Å². The van der Waals surface area contributed by atoms with Gasteiger partial charge in [0, 0.05) is 16.3 Å². The summed E-state index contributed by atoms with van der Waals surface area (Å²) in [7, 11) is 1.60. The molecule has 1 aromatic heterocycles. The summed E-state index contributed by atoms with van der Waals surface area (Å²) in [4.78, 5) is 7.49. The van der Waals surface area contributed by atoms with Gasteiger partial charge in [0.25, 0.3) is 0 Å². The second-order valence-corrected chi connectivity index (χ2v) is 4.27. The third-order valence-electron chi connectivity index (χ3n) is 2.60. The Balaban J connectivity index is 2.54. The maximum atomic E-state index is 8.68. The molecule has 92 valence electrons. The molecule has 0 aliphatic rings. The number of H-pyrrole nitrogens is 1. The van der Waals surface area contributed by atoms with Crippen molar-refractivity contribution in [3.8, 4) is 23.1 Å². The van der Waals surface area contributed by atoms with Crippen LogP contribution in [0.5, 0.6) is 5.75 Å². The van der Waals surface area contributed by atoms with E-state index in [1.807, 2.05) is 6.92 Å². The first-order valence-electron chi connectivity index (χ1n) is 5.42. The Bertz CT molecular complexity index is 613. The largest absolute Gasteiger partial charge is 0.496 e. The van der Waals surface area contributed by atoms with E-state index in [4.69, 9.17) is 21.6 Å². The predicted molar refractivity (Wildman–Crippen MR) is 69.6 cm³/mol. The lowest BCUT2D eigenvalue weighted by atomic mass is 10.1. The maximum Gasteiger partial charge on any atom is 0.128 e. The van der Waals surface area contributed by atoms with E-state index in [1.165, 1.54) is 0 Å². The molecule has 2 aromatic rings. The summed E-state index contributed by atoms with van der Waals surface area (Å²) in [5.41, 5.74) is 2.48. The number of nitrogens with one attached hydrogen (secondary N) is 1. The second-order valence-electron chi connectivity index (χ2n) is 3.84. The first kappa shape index (κ1) is 12.5. The van der Waals surface area contributed by atoms with E-state index < -0.39 is 0 Å². The molecule has 0 fully saturated rings. The van der Waals surface area contributed by atoms with Crippen LogP contribution >= 0.6 is 11.6 Å². The first-order chi connectivity index (χ1) is 8.65. The van der Waals surface area contributed by atoms with E-state index >= 15 is 0 Å². The molecule has 0 saturated carbocycles. The molecule has 0 saturated heterocycles. The lowest BCUT2D eigenvalue weighted by Gasteiger charge is -2.07. The van der Waals surface area contributed by atoms with Gasteiger partial charge in [-0.2, -0.15) is 5.26 Å². The molecular formula is C13H12ClN3O. The van der Waals surface area contributed by atoms with Gasteiger partial charge in [0.05, 0.1) is 25.3 Å². The number of hydrogen-bond donors (Lipinski definition) is 1. The minimum absolute atomic E-state index is 0.254. The molecule has 0 spiro atoms. The fourth-order valence-electron chi connectivity index (χ4n) is 1.81. The summed E-state index contributed by atoms with van der Waals surface area (Å²) >= 11 is 6.00. The van der Waals surface area contributed by atoms with Crippen molar-refractivity contribution in [1.29, 1.82) is 5.26 Å². The van der Waals surface area contributed by atoms with Crippen molar-refractivity contribution >= 4 is 11.6 Å². The Labute approximate surface area is 110 Å². The van der Waals surface area contributed by atoms with Crippen molar-refractivity contribution in [3.05, 3.63) is 34.7 Å². The van der Waals surface area contributed by atoms with Crippen LogP contribution < -0.4 is 4.74 Å². The third-order valence-corrected chi connectivity index (χ3v) is 2.83. The van der Waals surface area contributed by atoms with Crippen LogP contribution in [0.15, 0.2) is 18.2 Å². The highest BCUT2D eigenvalue weighted by Gasteiger charge is 2.13. The summed E-state index contributed by atoms with van der Waals surface area (Å²) in [5, 5.41) is 9.30. The van der Waals surface area contributed by atoms with Crippen LogP contribution in [0.4, 0.5) is 0 Å².